The normalized spacial score (nSPS) is 14.6. The summed E-state index contributed by atoms with van der Waals surface area (Å²) in [5, 5.41) is 2.14. The first-order valence-electron chi connectivity index (χ1n) is 11.5. The van der Waals surface area contributed by atoms with Gasteiger partial charge in [-0.2, -0.15) is 0 Å². The Bertz CT molecular complexity index is 1460. The minimum atomic E-state index is 0.685. The summed E-state index contributed by atoms with van der Waals surface area (Å²) < 4.78 is 6.34. The molecule has 158 valence electrons. The van der Waals surface area contributed by atoms with E-state index in [1.807, 2.05) is 25.3 Å². The van der Waals surface area contributed by atoms with Gasteiger partial charge in [0.05, 0.1) is 5.69 Å². The number of nitrogens with zero attached hydrogens (tertiary/aromatic N) is 2. The molecule has 0 bridgehead atoms. The van der Waals surface area contributed by atoms with Crippen LogP contribution in [0.25, 0.3) is 44.5 Å². The van der Waals surface area contributed by atoms with Crippen molar-refractivity contribution in [3.63, 3.8) is 0 Å². The van der Waals surface area contributed by atoms with Crippen LogP contribution in [0.2, 0.25) is 0 Å². The Balaban J connectivity index is 1.57. The quantitative estimate of drug-likeness (QED) is 0.298. The van der Waals surface area contributed by atoms with Gasteiger partial charge in [-0.25, -0.2) is 4.98 Å². The summed E-state index contributed by atoms with van der Waals surface area (Å²) in [4.78, 5) is 9.50. The predicted octanol–water partition coefficient (Wildman–Crippen LogP) is 7.98. The molecule has 1 fully saturated rings. The molecule has 1 saturated carbocycles. The fourth-order valence-corrected chi connectivity index (χ4v) is 5.26. The molecule has 0 saturated heterocycles. The molecule has 1 aliphatic rings. The molecule has 3 nitrogen and oxygen atoms in total. The second-order valence-corrected chi connectivity index (χ2v) is 9.05. The van der Waals surface area contributed by atoms with E-state index < -0.39 is 0 Å². The van der Waals surface area contributed by atoms with Crippen LogP contribution in [0.15, 0.2) is 71.3 Å². The second-order valence-electron chi connectivity index (χ2n) is 9.05. The summed E-state index contributed by atoms with van der Waals surface area (Å²) in [6.45, 7) is 4.13. The summed E-state index contributed by atoms with van der Waals surface area (Å²) >= 11 is 0. The SMILES string of the molecule is Cc1ccc2c(n1)oc1c(-c3ncccc3-c3cccc(C4CCCC4)c3)c(C)ccc12. The van der Waals surface area contributed by atoms with Gasteiger partial charge < -0.3 is 4.42 Å². The molecule has 0 spiro atoms. The number of aryl methyl sites for hydroxylation is 2. The van der Waals surface area contributed by atoms with Gasteiger partial charge in [0.15, 0.2) is 0 Å². The summed E-state index contributed by atoms with van der Waals surface area (Å²) in [5.41, 5.74) is 9.50. The van der Waals surface area contributed by atoms with E-state index in [1.165, 1.54) is 36.8 Å². The first-order chi connectivity index (χ1) is 15.7. The Kier molecular flexibility index (Phi) is 4.57. The van der Waals surface area contributed by atoms with Gasteiger partial charge >= 0.3 is 0 Å². The average molecular weight is 419 g/mol. The first-order valence-corrected chi connectivity index (χ1v) is 11.5. The van der Waals surface area contributed by atoms with Gasteiger partial charge in [-0.05, 0) is 67.5 Å². The van der Waals surface area contributed by atoms with Gasteiger partial charge in [0, 0.05) is 33.8 Å². The fourth-order valence-electron chi connectivity index (χ4n) is 5.26. The van der Waals surface area contributed by atoms with Gasteiger partial charge in [-0.3, -0.25) is 4.98 Å². The van der Waals surface area contributed by atoms with Crippen LogP contribution in [-0.2, 0) is 0 Å². The van der Waals surface area contributed by atoms with Crippen LogP contribution < -0.4 is 0 Å². The van der Waals surface area contributed by atoms with Crippen molar-refractivity contribution < 1.29 is 4.42 Å². The maximum absolute atomic E-state index is 6.34. The number of rotatable bonds is 3. The summed E-state index contributed by atoms with van der Waals surface area (Å²) in [7, 11) is 0. The lowest BCUT2D eigenvalue weighted by atomic mass is 9.91. The molecular weight excluding hydrogens is 392 g/mol. The molecule has 0 unspecified atom stereocenters. The molecule has 2 aromatic carbocycles. The summed E-state index contributed by atoms with van der Waals surface area (Å²) in [6.07, 6.45) is 7.16. The molecule has 3 aromatic heterocycles. The van der Waals surface area contributed by atoms with Crippen LogP contribution in [-0.4, -0.2) is 9.97 Å². The third-order valence-electron chi connectivity index (χ3n) is 6.92. The third kappa shape index (κ3) is 3.12. The van der Waals surface area contributed by atoms with Crippen molar-refractivity contribution in [2.24, 2.45) is 0 Å². The van der Waals surface area contributed by atoms with Crippen LogP contribution in [0, 0.1) is 13.8 Å². The average Bonchev–Trinajstić information content (AvgIpc) is 3.47. The van der Waals surface area contributed by atoms with E-state index in [2.05, 4.69) is 60.4 Å². The van der Waals surface area contributed by atoms with Crippen molar-refractivity contribution >= 4 is 22.1 Å². The highest BCUT2D eigenvalue weighted by molar-refractivity contribution is 6.10. The molecule has 6 rings (SSSR count). The van der Waals surface area contributed by atoms with Crippen molar-refractivity contribution in [2.45, 2.75) is 45.4 Å². The molecule has 0 radical (unpaired) electrons. The van der Waals surface area contributed by atoms with E-state index in [1.54, 1.807) is 0 Å². The Hall–Kier alpha value is -3.46. The zero-order valence-electron chi connectivity index (χ0n) is 18.6. The van der Waals surface area contributed by atoms with Crippen LogP contribution >= 0.6 is 0 Å². The molecule has 3 heterocycles. The van der Waals surface area contributed by atoms with E-state index in [4.69, 9.17) is 9.40 Å². The highest BCUT2D eigenvalue weighted by atomic mass is 16.3. The maximum Gasteiger partial charge on any atom is 0.227 e. The predicted molar refractivity (Wildman–Crippen MR) is 131 cm³/mol. The van der Waals surface area contributed by atoms with Gasteiger partial charge in [-0.15, -0.1) is 0 Å². The van der Waals surface area contributed by atoms with Gasteiger partial charge in [0.25, 0.3) is 0 Å². The van der Waals surface area contributed by atoms with Crippen LogP contribution in [0.5, 0.6) is 0 Å². The Morgan fingerprint density at radius 2 is 1.72 bits per heavy atom. The minimum Gasteiger partial charge on any atom is -0.437 e. The molecule has 0 atom stereocenters. The number of hydrogen-bond acceptors (Lipinski definition) is 3. The van der Waals surface area contributed by atoms with E-state index in [0.717, 1.165) is 44.4 Å². The lowest BCUT2D eigenvalue weighted by Gasteiger charge is -2.14. The van der Waals surface area contributed by atoms with Crippen molar-refractivity contribution in [3.8, 4) is 22.4 Å². The Morgan fingerprint density at radius 3 is 2.59 bits per heavy atom. The Labute approximate surface area is 188 Å². The van der Waals surface area contributed by atoms with Gasteiger partial charge in [0.1, 0.15) is 5.58 Å². The zero-order valence-corrected chi connectivity index (χ0v) is 18.6. The van der Waals surface area contributed by atoms with E-state index in [9.17, 15) is 0 Å². The molecule has 1 aliphatic carbocycles. The lowest BCUT2D eigenvalue weighted by molar-refractivity contribution is 0.653. The number of furan rings is 1. The standard InChI is InChI=1S/C29H26N2O/c1-18-12-14-24-25-15-13-19(2)31-29(25)32-28(24)26(18)27-23(11-6-16-30-27)22-10-5-9-21(17-22)20-7-3-4-8-20/h5-6,9-17,20H,3-4,7-8H2,1-2H3. The molecule has 0 N–H and O–H groups in total. The Morgan fingerprint density at radius 1 is 0.875 bits per heavy atom. The first kappa shape index (κ1) is 19.2. The maximum atomic E-state index is 6.34. The molecular formula is C29H26N2O. The van der Waals surface area contributed by atoms with Gasteiger partial charge in [-0.1, -0.05) is 55.3 Å². The highest BCUT2D eigenvalue weighted by Crippen LogP contribution is 2.41. The zero-order chi connectivity index (χ0) is 21.7. The summed E-state index contributed by atoms with van der Waals surface area (Å²) in [6, 6.07) is 21.7. The number of pyridine rings is 2. The number of aromatic nitrogens is 2. The van der Waals surface area contributed by atoms with Crippen molar-refractivity contribution in [1.29, 1.82) is 0 Å². The highest BCUT2D eigenvalue weighted by Gasteiger charge is 2.21. The topological polar surface area (TPSA) is 38.9 Å². The largest absolute Gasteiger partial charge is 0.437 e. The van der Waals surface area contributed by atoms with Gasteiger partial charge in [0.2, 0.25) is 5.71 Å². The van der Waals surface area contributed by atoms with E-state index in [0.29, 0.717) is 11.6 Å². The van der Waals surface area contributed by atoms with Crippen molar-refractivity contribution in [3.05, 3.63) is 83.7 Å². The minimum absolute atomic E-state index is 0.685. The number of benzene rings is 2. The van der Waals surface area contributed by atoms with Crippen LogP contribution in [0.4, 0.5) is 0 Å². The van der Waals surface area contributed by atoms with E-state index >= 15 is 0 Å². The van der Waals surface area contributed by atoms with Crippen LogP contribution in [0.3, 0.4) is 0 Å². The molecule has 0 amide bonds. The molecule has 5 aromatic rings. The number of fused-ring (bicyclic) bond motifs is 3. The monoisotopic (exact) mass is 418 g/mol. The molecule has 3 heteroatoms. The lowest BCUT2D eigenvalue weighted by Crippen LogP contribution is -1.95. The van der Waals surface area contributed by atoms with Crippen molar-refractivity contribution in [1.82, 2.24) is 9.97 Å². The smallest absolute Gasteiger partial charge is 0.227 e. The second kappa shape index (κ2) is 7.59. The fraction of sp³-hybridized carbons (Fsp3) is 0.241. The molecule has 32 heavy (non-hydrogen) atoms. The molecule has 0 aliphatic heterocycles. The van der Waals surface area contributed by atoms with Crippen LogP contribution in [0.1, 0.15) is 48.4 Å². The van der Waals surface area contributed by atoms with E-state index in [-0.39, 0.29) is 0 Å². The third-order valence-corrected chi connectivity index (χ3v) is 6.92. The summed E-state index contributed by atoms with van der Waals surface area (Å²) in [5.74, 6) is 0.685. The number of hydrogen-bond donors (Lipinski definition) is 0. The van der Waals surface area contributed by atoms with Crippen molar-refractivity contribution in [2.75, 3.05) is 0 Å².